The van der Waals surface area contributed by atoms with Gasteiger partial charge in [0.05, 0.1) is 30.2 Å². The first-order chi connectivity index (χ1) is 8.91. The van der Waals surface area contributed by atoms with Crippen LogP contribution in [0.1, 0.15) is 16.1 Å². The molecule has 0 aliphatic carbocycles. The van der Waals surface area contributed by atoms with E-state index in [1.807, 2.05) is 0 Å². The lowest BCUT2D eigenvalue weighted by molar-refractivity contribution is 0.0599. The maximum Gasteiger partial charge on any atom is 0.339 e. The number of hydrogen-bond acceptors (Lipinski definition) is 6. The normalized spacial score (nSPS) is 20.2. The number of carbonyl (C=O) groups excluding carboxylic acids is 1. The number of nitrogens with one attached hydrogen (secondary N) is 1. The molecule has 6 nitrogen and oxygen atoms in total. The van der Waals surface area contributed by atoms with Crippen molar-refractivity contribution in [1.29, 1.82) is 0 Å². The third-order valence-electron chi connectivity index (χ3n) is 2.75. The van der Waals surface area contributed by atoms with E-state index >= 15 is 0 Å². The van der Waals surface area contributed by atoms with E-state index < -0.39 is 15.8 Å². The van der Waals surface area contributed by atoms with E-state index in [9.17, 15) is 13.2 Å². The number of esters is 1. The average Bonchev–Trinajstić information content (AvgIpc) is 2.68. The van der Waals surface area contributed by atoms with Crippen LogP contribution >= 0.6 is 0 Å². The van der Waals surface area contributed by atoms with Gasteiger partial charge < -0.3 is 10.1 Å². The van der Waals surface area contributed by atoms with Crippen LogP contribution in [0.5, 0.6) is 0 Å². The second-order valence-electron chi connectivity index (χ2n) is 4.23. The van der Waals surface area contributed by atoms with Crippen LogP contribution in [0.2, 0.25) is 0 Å². The Hall–Kier alpha value is -1.89. The fourth-order valence-electron chi connectivity index (χ4n) is 1.82. The van der Waals surface area contributed by atoms with Gasteiger partial charge in [-0.05, 0) is 25.1 Å². The second kappa shape index (κ2) is 5.00. The molecular formula is C12H14N2O4S. The quantitative estimate of drug-likeness (QED) is 0.829. The Labute approximate surface area is 111 Å². The number of pyridine rings is 1. The van der Waals surface area contributed by atoms with Crippen molar-refractivity contribution in [2.45, 2.75) is 13.0 Å². The summed E-state index contributed by atoms with van der Waals surface area (Å²) in [5.41, 5.74) is 0.921. The number of ether oxygens (including phenoxy) is 1. The molecule has 0 aromatic carbocycles. The van der Waals surface area contributed by atoms with E-state index in [-0.39, 0.29) is 11.8 Å². The zero-order chi connectivity index (χ0) is 14.0. The number of sulfone groups is 1. The number of anilines is 1. The number of aromatic nitrogens is 1. The van der Waals surface area contributed by atoms with Gasteiger partial charge in [-0.3, -0.25) is 0 Å². The highest BCUT2D eigenvalue weighted by molar-refractivity contribution is 7.94. The van der Waals surface area contributed by atoms with Crippen LogP contribution in [0.15, 0.2) is 23.6 Å². The van der Waals surface area contributed by atoms with Crippen molar-refractivity contribution in [2.24, 2.45) is 0 Å². The van der Waals surface area contributed by atoms with Crippen molar-refractivity contribution >= 4 is 21.6 Å². The summed E-state index contributed by atoms with van der Waals surface area (Å²) >= 11 is 0. The summed E-state index contributed by atoms with van der Waals surface area (Å²) in [7, 11) is -1.79. The molecule has 1 aliphatic heterocycles. The highest BCUT2D eigenvalue weighted by Gasteiger charge is 2.22. The predicted molar refractivity (Wildman–Crippen MR) is 70.7 cm³/mol. The third-order valence-corrected chi connectivity index (χ3v) is 4.15. The smallest absolute Gasteiger partial charge is 0.339 e. The summed E-state index contributed by atoms with van der Waals surface area (Å²) in [5.74, 6) is 0.101. The molecule has 1 atom stereocenters. The number of nitrogens with zero attached hydrogens (tertiary/aromatic N) is 1. The fraction of sp³-hybridized carbons (Fsp3) is 0.333. The number of rotatable bonds is 3. The van der Waals surface area contributed by atoms with Crippen LogP contribution in [0, 0.1) is 6.92 Å². The summed E-state index contributed by atoms with van der Waals surface area (Å²) in [6.45, 7) is 1.69. The molecule has 0 bridgehead atoms. The monoisotopic (exact) mass is 282 g/mol. The Morgan fingerprint density at radius 2 is 2.21 bits per heavy atom. The van der Waals surface area contributed by atoms with Gasteiger partial charge in [-0.15, -0.1) is 0 Å². The summed E-state index contributed by atoms with van der Waals surface area (Å²) < 4.78 is 27.2. The maximum absolute atomic E-state index is 11.4. The minimum Gasteiger partial charge on any atom is -0.465 e. The second-order valence-corrected chi connectivity index (χ2v) is 6.16. The molecule has 2 heterocycles. The summed E-state index contributed by atoms with van der Waals surface area (Å²) in [4.78, 5) is 15.6. The van der Waals surface area contributed by atoms with E-state index in [2.05, 4.69) is 15.0 Å². The molecule has 0 spiro atoms. The predicted octanol–water partition coefficient (Wildman–Crippen LogP) is 0.899. The topological polar surface area (TPSA) is 85.4 Å². The Balaban J connectivity index is 2.13. The van der Waals surface area contributed by atoms with E-state index in [0.29, 0.717) is 17.1 Å². The van der Waals surface area contributed by atoms with Crippen LogP contribution in [-0.4, -0.2) is 38.3 Å². The van der Waals surface area contributed by atoms with Crippen molar-refractivity contribution in [3.63, 3.8) is 0 Å². The van der Waals surface area contributed by atoms with Gasteiger partial charge in [0.15, 0.2) is 9.84 Å². The summed E-state index contributed by atoms with van der Waals surface area (Å²) in [6.07, 6.45) is 1.58. The first-order valence-corrected chi connectivity index (χ1v) is 7.36. The molecule has 0 fully saturated rings. The molecule has 1 unspecified atom stereocenters. The lowest BCUT2D eigenvalue weighted by Gasteiger charge is -2.12. The van der Waals surface area contributed by atoms with Gasteiger partial charge in [0.25, 0.3) is 0 Å². The van der Waals surface area contributed by atoms with Crippen molar-refractivity contribution in [3.8, 4) is 0 Å². The first-order valence-electron chi connectivity index (χ1n) is 5.65. The maximum atomic E-state index is 11.4. The zero-order valence-corrected chi connectivity index (χ0v) is 11.4. The third kappa shape index (κ3) is 3.11. The fourth-order valence-corrected chi connectivity index (χ4v) is 3.06. The molecule has 2 rings (SSSR count). The molecule has 102 valence electrons. The number of carbonyl (C=O) groups is 1. The molecule has 1 aromatic rings. The molecular weight excluding hydrogens is 268 g/mol. The van der Waals surface area contributed by atoms with Crippen LogP contribution in [0.3, 0.4) is 0 Å². The van der Waals surface area contributed by atoms with Crippen LogP contribution in [-0.2, 0) is 14.6 Å². The SMILES string of the molecule is COC(=O)c1ccc(NC2C=CS(=O)(=O)C2)nc1C. The molecule has 1 aromatic heterocycles. The molecule has 0 amide bonds. The van der Waals surface area contributed by atoms with Gasteiger partial charge in [-0.1, -0.05) is 0 Å². The van der Waals surface area contributed by atoms with Gasteiger partial charge in [-0.25, -0.2) is 18.2 Å². The number of methoxy groups -OCH3 is 1. The number of aryl methyl sites for hydroxylation is 1. The Kier molecular flexibility index (Phi) is 3.57. The minimum atomic E-state index is -3.10. The number of hydrogen-bond donors (Lipinski definition) is 1. The molecule has 1 aliphatic rings. The lowest BCUT2D eigenvalue weighted by atomic mass is 10.2. The van der Waals surface area contributed by atoms with Crippen molar-refractivity contribution < 1.29 is 17.9 Å². The van der Waals surface area contributed by atoms with Gasteiger partial charge in [0.1, 0.15) is 5.82 Å². The van der Waals surface area contributed by atoms with Crippen molar-refractivity contribution in [2.75, 3.05) is 18.2 Å². The van der Waals surface area contributed by atoms with E-state index in [1.54, 1.807) is 25.1 Å². The molecule has 0 saturated heterocycles. The Morgan fingerprint density at radius 1 is 1.47 bits per heavy atom. The van der Waals surface area contributed by atoms with E-state index in [4.69, 9.17) is 0 Å². The minimum absolute atomic E-state index is 0.0203. The molecule has 0 saturated carbocycles. The van der Waals surface area contributed by atoms with Crippen LogP contribution < -0.4 is 5.32 Å². The average molecular weight is 282 g/mol. The zero-order valence-electron chi connectivity index (χ0n) is 10.6. The summed E-state index contributed by atoms with van der Waals surface area (Å²) in [5, 5.41) is 4.19. The van der Waals surface area contributed by atoms with Gasteiger partial charge in [0.2, 0.25) is 0 Å². The highest BCUT2D eigenvalue weighted by atomic mass is 32.2. The highest BCUT2D eigenvalue weighted by Crippen LogP contribution is 2.16. The van der Waals surface area contributed by atoms with Crippen LogP contribution in [0.25, 0.3) is 0 Å². The van der Waals surface area contributed by atoms with Gasteiger partial charge >= 0.3 is 5.97 Å². The molecule has 0 radical (unpaired) electrons. The van der Waals surface area contributed by atoms with E-state index in [0.717, 1.165) is 0 Å². The largest absolute Gasteiger partial charge is 0.465 e. The van der Waals surface area contributed by atoms with Crippen molar-refractivity contribution in [3.05, 3.63) is 34.9 Å². The lowest BCUT2D eigenvalue weighted by Crippen LogP contribution is -2.22. The van der Waals surface area contributed by atoms with Crippen LogP contribution in [0.4, 0.5) is 5.82 Å². The molecule has 7 heteroatoms. The molecule has 19 heavy (non-hydrogen) atoms. The Morgan fingerprint density at radius 3 is 2.74 bits per heavy atom. The van der Waals surface area contributed by atoms with Gasteiger partial charge in [-0.2, -0.15) is 0 Å². The molecule has 1 N–H and O–H groups in total. The summed E-state index contributed by atoms with van der Waals surface area (Å²) in [6, 6.07) is 2.93. The Bertz CT molecular complexity index is 637. The van der Waals surface area contributed by atoms with E-state index in [1.165, 1.54) is 12.5 Å². The standard InChI is InChI=1S/C12H14N2O4S/c1-8-10(12(15)18-2)3-4-11(13-8)14-9-5-6-19(16,17)7-9/h3-6,9H,7H2,1-2H3,(H,13,14). The van der Waals surface area contributed by atoms with Crippen molar-refractivity contribution in [1.82, 2.24) is 4.98 Å². The first kappa shape index (κ1) is 13.5. The van der Waals surface area contributed by atoms with Gasteiger partial charge in [0, 0.05) is 5.41 Å².